The third kappa shape index (κ3) is 4.76. The van der Waals surface area contributed by atoms with Gasteiger partial charge in [-0.1, -0.05) is 23.7 Å². The lowest BCUT2D eigenvalue weighted by Crippen LogP contribution is -2.30. The third-order valence-electron chi connectivity index (χ3n) is 4.19. The number of likely N-dealkylation sites (N-methyl/N-ethyl adjacent to an activating group) is 1. The number of ether oxygens (including phenoxy) is 1. The summed E-state index contributed by atoms with van der Waals surface area (Å²) in [5, 5.41) is 4.31. The highest BCUT2D eigenvalue weighted by atomic mass is 35.5. The lowest BCUT2D eigenvalue weighted by atomic mass is 9.97. The summed E-state index contributed by atoms with van der Waals surface area (Å²) in [4.78, 5) is 0. The minimum Gasteiger partial charge on any atom is -0.378 e. The van der Waals surface area contributed by atoms with Crippen LogP contribution in [0.1, 0.15) is 43.2 Å². The smallest absolute Gasteiger partial charge is 0.0575 e. The van der Waals surface area contributed by atoms with Gasteiger partial charge in [0.2, 0.25) is 0 Å². The molecule has 0 radical (unpaired) electrons. The average Bonchev–Trinajstić information content (AvgIpc) is 2.46. The van der Waals surface area contributed by atoms with Gasteiger partial charge < -0.3 is 10.1 Å². The normalized spacial score (nSPS) is 20.9. The fraction of sp³-hybridized carbons (Fsp3) is 0.647. The Kier molecular flexibility index (Phi) is 6.34. The Balaban J connectivity index is 1.84. The molecule has 1 aromatic carbocycles. The van der Waals surface area contributed by atoms with E-state index in [0.717, 1.165) is 30.9 Å². The van der Waals surface area contributed by atoms with Gasteiger partial charge in [0, 0.05) is 17.7 Å². The molecule has 1 aliphatic rings. The molecule has 1 heterocycles. The Hall–Kier alpha value is -0.570. The van der Waals surface area contributed by atoms with E-state index in [1.165, 1.54) is 30.4 Å². The van der Waals surface area contributed by atoms with Gasteiger partial charge in [0.1, 0.15) is 0 Å². The summed E-state index contributed by atoms with van der Waals surface area (Å²) >= 11 is 6.33. The summed E-state index contributed by atoms with van der Waals surface area (Å²) in [7, 11) is 2.04. The first kappa shape index (κ1) is 15.8. The molecule has 3 heteroatoms. The van der Waals surface area contributed by atoms with Gasteiger partial charge in [0.15, 0.2) is 0 Å². The number of halogens is 1. The van der Waals surface area contributed by atoms with E-state index in [-0.39, 0.29) is 0 Å². The van der Waals surface area contributed by atoms with Crippen LogP contribution in [0.3, 0.4) is 0 Å². The van der Waals surface area contributed by atoms with Gasteiger partial charge in [-0.2, -0.15) is 0 Å². The average molecular weight is 296 g/mol. The molecule has 1 fully saturated rings. The highest BCUT2D eigenvalue weighted by molar-refractivity contribution is 6.31. The molecule has 2 nitrogen and oxygen atoms in total. The van der Waals surface area contributed by atoms with Crippen LogP contribution in [0.25, 0.3) is 0 Å². The second kappa shape index (κ2) is 8.02. The Morgan fingerprint density at radius 2 is 2.25 bits per heavy atom. The van der Waals surface area contributed by atoms with Crippen LogP contribution in [0, 0.1) is 6.92 Å². The zero-order valence-corrected chi connectivity index (χ0v) is 13.4. The number of hydrogen-bond acceptors (Lipinski definition) is 2. The van der Waals surface area contributed by atoms with Crippen LogP contribution in [-0.4, -0.2) is 25.8 Å². The zero-order valence-electron chi connectivity index (χ0n) is 12.6. The maximum Gasteiger partial charge on any atom is 0.0575 e. The lowest BCUT2D eigenvalue weighted by Gasteiger charge is -2.25. The van der Waals surface area contributed by atoms with Crippen LogP contribution < -0.4 is 5.32 Å². The van der Waals surface area contributed by atoms with Crippen LogP contribution in [-0.2, 0) is 11.2 Å². The van der Waals surface area contributed by atoms with Crippen molar-refractivity contribution >= 4 is 11.6 Å². The molecule has 2 atom stereocenters. The van der Waals surface area contributed by atoms with E-state index >= 15 is 0 Å². The minimum atomic E-state index is 0.466. The summed E-state index contributed by atoms with van der Waals surface area (Å²) in [6.07, 6.45) is 7.52. The van der Waals surface area contributed by atoms with Crippen LogP contribution in [0.15, 0.2) is 18.2 Å². The van der Waals surface area contributed by atoms with E-state index in [1.807, 2.05) is 13.1 Å². The summed E-state index contributed by atoms with van der Waals surface area (Å²) in [6.45, 7) is 3.02. The number of aryl methyl sites for hydroxylation is 1. The summed E-state index contributed by atoms with van der Waals surface area (Å²) in [5.74, 6) is 0. The van der Waals surface area contributed by atoms with Crippen LogP contribution in [0.2, 0.25) is 5.02 Å². The molecule has 2 rings (SSSR count). The van der Waals surface area contributed by atoms with Crippen molar-refractivity contribution in [2.75, 3.05) is 13.7 Å². The first-order valence-electron chi connectivity index (χ1n) is 7.73. The molecule has 1 N–H and O–H groups in total. The SMILES string of the molecule is CNC(CCC1CCCCO1)Cc1ccc(C)cc1Cl. The first-order chi connectivity index (χ1) is 9.69. The fourth-order valence-corrected chi connectivity index (χ4v) is 3.17. The molecule has 0 aliphatic carbocycles. The van der Waals surface area contributed by atoms with Crippen molar-refractivity contribution in [3.05, 3.63) is 34.3 Å². The second-order valence-corrected chi connectivity index (χ2v) is 6.26. The van der Waals surface area contributed by atoms with Crippen LogP contribution >= 0.6 is 11.6 Å². The van der Waals surface area contributed by atoms with Gasteiger partial charge in [0.05, 0.1) is 6.10 Å². The number of benzene rings is 1. The van der Waals surface area contributed by atoms with E-state index in [2.05, 4.69) is 24.4 Å². The zero-order chi connectivity index (χ0) is 14.4. The van der Waals surface area contributed by atoms with E-state index in [4.69, 9.17) is 16.3 Å². The van der Waals surface area contributed by atoms with Gasteiger partial charge in [-0.15, -0.1) is 0 Å². The monoisotopic (exact) mass is 295 g/mol. The molecule has 20 heavy (non-hydrogen) atoms. The van der Waals surface area contributed by atoms with Gasteiger partial charge in [-0.3, -0.25) is 0 Å². The molecule has 1 aliphatic heterocycles. The standard InChI is InChI=1S/C17H26ClNO/c1-13-6-7-14(17(18)11-13)12-15(19-2)8-9-16-5-3-4-10-20-16/h6-7,11,15-16,19H,3-5,8-10,12H2,1-2H3. The highest BCUT2D eigenvalue weighted by Crippen LogP contribution is 2.22. The van der Waals surface area contributed by atoms with E-state index in [9.17, 15) is 0 Å². The molecular weight excluding hydrogens is 270 g/mol. The number of hydrogen-bond donors (Lipinski definition) is 1. The van der Waals surface area contributed by atoms with E-state index in [0.29, 0.717) is 12.1 Å². The highest BCUT2D eigenvalue weighted by Gasteiger charge is 2.17. The molecule has 1 saturated heterocycles. The topological polar surface area (TPSA) is 21.3 Å². The molecule has 0 amide bonds. The van der Waals surface area contributed by atoms with Crippen molar-refractivity contribution in [3.63, 3.8) is 0 Å². The van der Waals surface area contributed by atoms with Crippen LogP contribution in [0.4, 0.5) is 0 Å². The maximum absolute atomic E-state index is 6.33. The largest absolute Gasteiger partial charge is 0.378 e. The predicted molar refractivity (Wildman–Crippen MR) is 85.6 cm³/mol. The van der Waals surface area contributed by atoms with Gasteiger partial charge in [0.25, 0.3) is 0 Å². The van der Waals surface area contributed by atoms with E-state index < -0.39 is 0 Å². The summed E-state index contributed by atoms with van der Waals surface area (Å²) < 4.78 is 5.81. The molecule has 0 aromatic heterocycles. The Bertz CT molecular complexity index is 415. The van der Waals surface area contributed by atoms with Crippen LogP contribution in [0.5, 0.6) is 0 Å². The maximum atomic E-state index is 6.33. The van der Waals surface area contributed by atoms with Gasteiger partial charge in [-0.05, 0) is 69.7 Å². The summed E-state index contributed by atoms with van der Waals surface area (Å²) in [5.41, 5.74) is 2.46. The Morgan fingerprint density at radius 1 is 1.40 bits per heavy atom. The third-order valence-corrected chi connectivity index (χ3v) is 4.55. The minimum absolute atomic E-state index is 0.466. The lowest BCUT2D eigenvalue weighted by molar-refractivity contribution is 0.00870. The van der Waals surface area contributed by atoms with Crippen molar-refractivity contribution in [1.82, 2.24) is 5.32 Å². The first-order valence-corrected chi connectivity index (χ1v) is 8.10. The molecule has 2 unspecified atom stereocenters. The molecule has 0 bridgehead atoms. The number of rotatable bonds is 6. The van der Waals surface area contributed by atoms with Gasteiger partial charge >= 0.3 is 0 Å². The molecule has 0 spiro atoms. The molecule has 1 aromatic rings. The summed E-state index contributed by atoms with van der Waals surface area (Å²) in [6, 6.07) is 6.81. The number of nitrogens with one attached hydrogen (secondary N) is 1. The molecule has 112 valence electrons. The van der Waals surface area contributed by atoms with Crippen molar-refractivity contribution < 1.29 is 4.74 Å². The predicted octanol–water partition coefficient (Wildman–Crippen LogP) is 4.13. The Morgan fingerprint density at radius 3 is 2.90 bits per heavy atom. The fourth-order valence-electron chi connectivity index (χ4n) is 2.85. The van der Waals surface area contributed by atoms with Gasteiger partial charge in [-0.25, -0.2) is 0 Å². The second-order valence-electron chi connectivity index (χ2n) is 5.85. The van der Waals surface area contributed by atoms with E-state index in [1.54, 1.807) is 0 Å². The van der Waals surface area contributed by atoms with Crippen molar-refractivity contribution in [2.24, 2.45) is 0 Å². The van der Waals surface area contributed by atoms with Crippen molar-refractivity contribution in [2.45, 2.75) is 57.6 Å². The Labute approximate surface area is 127 Å². The quantitative estimate of drug-likeness (QED) is 0.852. The molecular formula is C17H26ClNO. The molecule has 0 saturated carbocycles. The van der Waals surface area contributed by atoms with Crippen molar-refractivity contribution in [3.8, 4) is 0 Å². The van der Waals surface area contributed by atoms with Crippen molar-refractivity contribution in [1.29, 1.82) is 0 Å².